The van der Waals surface area contributed by atoms with Gasteiger partial charge in [-0.15, -0.1) is 0 Å². The normalized spacial score (nSPS) is 11.1. The molecule has 0 saturated carbocycles. The van der Waals surface area contributed by atoms with Crippen molar-refractivity contribution in [1.82, 2.24) is 9.55 Å². The SMILES string of the molecule is N=C(N)c1ccc2oc(CCc3ccc(Cn4ccnc4)cc3)cc2c1. The maximum Gasteiger partial charge on any atom is 0.134 e. The Hall–Kier alpha value is -3.34. The molecule has 130 valence electrons. The van der Waals surface area contributed by atoms with Gasteiger partial charge in [0.1, 0.15) is 17.2 Å². The third-order valence-corrected chi connectivity index (χ3v) is 4.49. The number of rotatable bonds is 6. The molecule has 0 aliphatic heterocycles. The van der Waals surface area contributed by atoms with Crippen LogP contribution in [0.15, 0.2) is 71.7 Å². The fraction of sp³-hybridized carbons (Fsp3) is 0.143. The van der Waals surface area contributed by atoms with Crippen molar-refractivity contribution in [3.8, 4) is 0 Å². The Morgan fingerprint density at radius 2 is 1.85 bits per heavy atom. The number of nitrogens with one attached hydrogen (secondary N) is 1. The summed E-state index contributed by atoms with van der Waals surface area (Å²) in [6, 6.07) is 16.3. The van der Waals surface area contributed by atoms with E-state index in [1.807, 2.05) is 36.8 Å². The first-order valence-electron chi connectivity index (χ1n) is 8.58. The predicted molar refractivity (Wildman–Crippen MR) is 102 cm³/mol. The molecule has 26 heavy (non-hydrogen) atoms. The van der Waals surface area contributed by atoms with Crippen LogP contribution in [0.4, 0.5) is 0 Å². The van der Waals surface area contributed by atoms with Crippen molar-refractivity contribution in [3.63, 3.8) is 0 Å². The Kier molecular flexibility index (Phi) is 4.27. The van der Waals surface area contributed by atoms with Crippen LogP contribution in [0.2, 0.25) is 0 Å². The molecule has 0 radical (unpaired) electrons. The fourth-order valence-electron chi connectivity index (χ4n) is 3.06. The van der Waals surface area contributed by atoms with Crippen LogP contribution < -0.4 is 5.73 Å². The zero-order valence-electron chi connectivity index (χ0n) is 14.4. The molecule has 5 nitrogen and oxygen atoms in total. The van der Waals surface area contributed by atoms with Crippen LogP contribution in [0, 0.1) is 5.41 Å². The lowest BCUT2D eigenvalue weighted by atomic mass is 10.1. The number of amidine groups is 1. The standard InChI is InChI=1S/C21H20N4O/c22-21(23)17-6-8-20-18(11-17)12-19(26-20)7-5-15-1-3-16(4-2-15)13-25-10-9-24-14-25/h1-4,6,8-12,14H,5,7,13H2,(H3,22,23). The third-order valence-electron chi connectivity index (χ3n) is 4.49. The van der Waals surface area contributed by atoms with Crippen molar-refractivity contribution in [1.29, 1.82) is 5.41 Å². The molecule has 0 unspecified atom stereocenters. The van der Waals surface area contributed by atoms with E-state index in [9.17, 15) is 0 Å². The van der Waals surface area contributed by atoms with E-state index < -0.39 is 0 Å². The highest BCUT2D eigenvalue weighted by atomic mass is 16.3. The molecule has 2 aromatic carbocycles. The summed E-state index contributed by atoms with van der Waals surface area (Å²) < 4.78 is 7.95. The minimum atomic E-state index is 0.0745. The van der Waals surface area contributed by atoms with Crippen LogP contribution in [-0.4, -0.2) is 15.4 Å². The molecule has 3 N–H and O–H groups in total. The van der Waals surface area contributed by atoms with E-state index in [1.54, 1.807) is 6.20 Å². The monoisotopic (exact) mass is 344 g/mol. The number of aryl methyl sites for hydroxylation is 2. The van der Waals surface area contributed by atoms with Gasteiger partial charge in [-0.2, -0.15) is 0 Å². The Bertz CT molecular complexity index is 1030. The van der Waals surface area contributed by atoms with Gasteiger partial charge >= 0.3 is 0 Å². The Labute approximate surface area is 151 Å². The highest BCUT2D eigenvalue weighted by Crippen LogP contribution is 2.22. The molecular formula is C21H20N4O. The van der Waals surface area contributed by atoms with Crippen LogP contribution in [0.3, 0.4) is 0 Å². The summed E-state index contributed by atoms with van der Waals surface area (Å²) in [5.41, 5.74) is 9.64. The van der Waals surface area contributed by atoms with Crippen molar-refractivity contribution in [2.24, 2.45) is 5.73 Å². The van der Waals surface area contributed by atoms with Gasteiger partial charge in [0.05, 0.1) is 6.33 Å². The van der Waals surface area contributed by atoms with Crippen molar-refractivity contribution in [2.45, 2.75) is 19.4 Å². The second kappa shape index (κ2) is 6.88. The van der Waals surface area contributed by atoms with E-state index in [2.05, 4.69) is 33.8 Å². The zero-order chi connectivity index (χ0) is 17.9. The first-order chi connectivity index (χ1) is 12.7. The van der Waals surface area contributed by atoms with Crippen molar-refractivity contribution in [3.05, 3.63) is 89.7 Å². The number of imidazole rings is 1. The molecule has 0 spiro atoms. The number of furan rings is 1. The molecule has 4 rings (SSSR count). The molecule has 0 fully saturated rings. The van der Waals surface area contributed by atoms with Gasteiger partial charge in [-0.3, -0.25) is 5.41 Å². The zero-order valence-corrected chi connectivity index (χ0v) is 14.4. The summed E-state index contributed by atoms with van der Waals surface area (Å²) in [5, 5.41) is 8.52. The van der Waals surface area contributed by atoms with Crippen LogP contribution in [0.1, 0.15) is 22.5 Å². The van der Waals surface area contributed by atoms with Gasteiger partial charge in [0.15, 0.2) is 0 Å². The number of nitrogens with zero attached hydrogens (tertiary/aromatic N) is 2. The number of aromatic nitrogens is 2. The van der Waals surface area contributed by atoms with Gasteiger partial charge in [0.25, 0.3) is 0 Å². The van der Waals surface area contributed by atoms with Gasteiger partial charge in [0.2, 0.25) is 0 Å². The Balaban J connectivity index is 1.42. The van der Waals surface area contributed by atoms with Crippen LogP contribution in [-0.2, 0) is 19.4 Å². The molecular weight excluding hydrogens is 324 g/mol. The van der Waals surface area contributed by atoms with Crippen LogP contribution in [0.5, 0.6) is 0 Å². The molecule has 2 aromatic heterocycles. The molecule has 5 heteroatoms. The van der Waals surface area contributed by atoms with E-state index in [0.717, 1.165) is 41.7 Å². The predicted octanol–water partition coefficient (Wildman–Crippen LogP) is 3.75. The van der Waals surface area contributed by atoms with Crippen molar-refractivity contribution >= 4 is 16.8 Å². The summed E-state index contributed by atoms with van der Waals surface area (Å²) in [6.07, 6.45) is 7.34. The lowest BCUT2D eigenvalue weighted by Crippen LogP contribution is -2.10. The van der Waals surface area contributed by atoms with E-state index >= 15 is 0 Å². The van der Waals surface area contributed by atoms with Gasteiger partial charge in [-0.1, -0.05) is 24.3 Å². The van der Waals surface area contributed by atoms with Crippen molar-refractivity contribution in [2.75, 3.05) is 0 Å². The van der Waals surface area contributed by atoms with Gasteiger partial charge in [-0.25, -0.2) is 4.98 Å². The molecule has 0 aliphatic carbocycles. The number of nitrogens with two attached hydrogens (primary N) is 1. The quantitative estimate of drug-likeness (QED) is 0.413. The summed E-state index contributed by atoms with van der Waals surface area (Å²) in [4.78, 5) is 4.07. The summed E-state index contributed by atoms with van der Waals surface area (Å²) in [5.74, 6) is 1.02. The lowest BCUT2D eigenvalue weighted by Gasteiger charge is -2.04. The average Bonchev–Trinajstić information content (AvgIpc) is 3.29. The average molecular weight is 344 g/mol. The Morgan fingerprint density at radius 3 is 2.58 bits per heavy atom. The minimum Gasteiger partial charge on any atom is -0.461 e. The maximum atomic E-state index is 7.53. The first-order valence-corrected chi connectivity index (χ1v) is 8.58. The molecule has 0 amide bonds. The topological polar surface area (TPSA) is 80.8 Å². The lowest BCUT2D eigenvalue weighted by molar-refractivity contribution is 0.547. The van der Waals surface area contributed by atoms with Crippen LogP contribution >= 0.6 is 0 Å². The smallest absolute Gasteiger partial charge is 0.134 e. The molecule has 0 bridgehead atoms. The highest BCUT2D eigenvalue weighted by Gasteiger charge is 2.06. The number of nitrogen functional groups attached to an aromatic ring is 1. The molecule has 0 atom stereocenters. The highest BCUT2D eigenvalue weighted by molar-refractivity contribution is 5.98. The largest absolute Gasteiger partial charge is 0.461 e. The second-order valence-electron chi connectivity index (χ2n) is 6.43. The van der Waals surface area contributed by atoms with E-state index in [4.69, 9.17) is 15.6 Å². The second-order valence-corrected chi connectivity index (χ2v) is 6.43. The fourth-order valence-corrected chi connectivity index (χ4v) is 3.06. The molecule has 4 aromatic rings. The van der Waals surface area contributed by atoms with Gasteiger partial charge in [-0.05, 0) is 41.8 Å². The number of hydrogen-bond acceptors (Lipinski definition) is 3. The van der Waals surface area contributed by atoms with E-state index in [1.165, 1.54) is 11.1 Å². The summed E-state index contributed by atoms with van der Waals surface area (Å²) in [6.45, 7) is 0.836. The van der Waals surface area contributed by atoms with Crippen LogP contribution in [0.25, 0.3) is 11.0 Å². The summed E-state index contributed by atoms with van der Waals surface area (Å²) >= 11 is 0. The molecule has 2 heterocycles. The van der Waals surface area contributed by atoms with Gasteiger partial charge in [0, 0.05) is 36.3 Å². The number of fused-ring (bicyclic) bond motifs is 1. The number of hydrogen-bond donors (Lipinski definition) is 2. The number of benzene rings is 2. The van der Waals surface area contributed by atoms with E-state index in [0.29, 0.717) is 0 Å². The van der Waals surface area contributed by atoms with Gasteiger partial charge < -0.3 is 14.7 Å². The van der Waals surface area contributed by atoms with E-state index in [-0.39, 0.29) is 5.84 Å². The first kappa shape index (κ1) is 16.1. The minimum absolute atomic E-state index is 0.0745. The molecule has 0 saturated heterocycles. The maximum absolute atomic E-state index is 7.53. The third kappa shape index (κ3) is 3.52. The molecule has 0 aliphatic rings. The summed E-state index contributed by atoms with van der Waals surface area (Å²) in [7, 11) is 0. The van der Waals surface area contributed by atoms with Crippen molar-refractivity contribution < 1.29 is 4.42 Å². The Morgan fingerprint density at radius 1 is 1.04 bits per heavy atom.